The van der Waals surface area contributed by atoms with E-state index in [1.807, 2.05) is 0 Å². The fourth-order valence-electron chi connectivity index (χ4n) is 3.71. The van der Waals surface area contributed by atoms with Gasteiger partial charge in [0.2, 0.25) is 0 Å². The van der Waals surface area contributed by atoms with Crippen LogP contribution in [0, 0.1) is 23.7 Å². The average molecular weight is 467 g/mol. The minimum atomic E-state index is 0.0853. The van der Waals surface area contributed by atoms with E-state index in [-0.39, 0.29) is 6.04 Å². The average Bonchev–Trinajstić information content (AvgIpc) is 2.79. The molecule has 34 heavy (non-hydrogen) atoms. The standard InChI is InChI=1S/C30H50N4/c1-11-29(22(4)5)31-20-12-13-24(8)25(9)32-30(23(6)7)26(10)33-34-28-18-16-27(17-19-28)15-14-21(2)3/h16-19,21-24,30-34H,1,9-10,12-15,20H2,2-8H3. The molecule has 2 atom stereocenters. The highest BCUT2D eigenvalue weighted by atomic mass is 15.4. The Labute approximate surface area is 210 Å². The molecule has 0 amide bonds. The van der Waals surface area contributed by atoms with Gasteiger partial charge in [-0.1, -0.05) is 80.3 Å². The molecule has 0 aliphatic heterocycles. The molecule has 0 saturated carbocycles. The predicted molar refractivity (Wildman–Crippen MR) is 150 cm³/mol. The third-order valence-electron chi connectivity index (χ3n) is 6.21. The van der Waals surface area contributed by atoms with Crippen molar-refractivity contribution in [3.8, 4) is 0 Å². The van der Waals surface area contributed by atoms with Crippen LogP contribution in [0.5, 0.6) is 0 Å². The van der Waals surface area contributed by atoms with Crippen LogP contribution >= 0.6 is 0 Å². The first-order valence-electron chi connectivity index (χ1n) is 12.9. The Balaban J connectivity index is 2.51. The van der Waals surface area contributed by atoms with Gasteiger partial charge < -0.3 is 21.5 Å². The summed E-state index contributed by atoms with van der Waals surface area (Å²) in [5.74, 6) is 1.90. The molecule has 0 fully saturated rings. The van der Waals surface area contributed by atoms with E-state index in [0.29, 0.717) is 17.8 Å². The first kappa shape index (κ1) is 29.5. The molecular weight excluding hydrogens is 416 g/mol. The second-order valence-electron chi connectivity index (χ2n) is 10.5. The lowest BCUT2D eigenvalue weighted by Crippen LogP contribution is -2.42. The highest BCUT2D eigenvalue weighted by Gasteiger charge is 2.19. The van der Waals surface area contributed by atoms with Crippen LogP contribution in [-0.2, 0) is 6.42 Å². The molecule has 0 aliphatic carbocycles. The lowest BCUT2D eigenvalue weighted by molar-refractivity contribution is 0.430. The van der Waals surface area contributed by atoms with E-state index in [4.69, 9.17) is 0 Å². The largest absolute Gasteiger partial charge is 0.382 e. The highest BCUT2D eigenvalue weighted by Crippen LogP contribution is 2.18. The summed E-state index contributed by atoms with van der Waals surface area (Å²) >= 11 is 0. The van der Waals surface area contributed by atoms with E-state index in [1.54, 1.807) is 0 Å². The van der Waals surface area contributed by atoms with Crippen LogP contribution in [0.3, 0.4) is 0 Å². The molecule has 1 rings (SSSR count). The number of anilines is 1. The fourth-order valence-corrected chi connectivity index (χ4v) is 3.71. The lowest BCUT2D eigenvalue weighted by Gasteiger charge is -2.30. The molecule has 4 N–H and O–H groups in total. The lowest BCUT2D eigenvalue weighted by atomic mass is 9.97. The Morgan fingerprint density at radius 2 is 1.56 bits per heavy atom. The van der Waals surface area contributed by atoms with Crippen molar-refractivity contribution < 1.29 is 0 Å². The number of hydrazine groups is 1. The maximum atomic E-state index is 4.33. The second-order valence-corrected chi connectivity index (χ2v) is 10.5. The van der Waals surface area contributed by atoms with Crippen LogP contribution in [0.4, 0.5) is 5.69 Å². The molecule has 0 saturated heterocycles. The van der Waals surface area contributed by atoms with Crippen molar-refractivity contribution in [2.45, 2.75) is 80.2 Å². The van der Waals surface area contributed by atoms with E-state index in [2.05, 4.69) is 120 Å². The number of aryl methyl sites for hydroxylation is 1. The maximum Gasteiger partial charge on any atom is 0.0691 e. The van der Waals surface area contributed by atoms with Crippen molar-refractivity contribution in [3.63, 3.8) is 0 Å². The monoisotopic (exact) mass is 466 g/mol. The van der Waals surface area contributed by atoms with Crippen molar-refractivity contribution in [3.05, 3.63) is 72.4 Å². The molecule has 1 aromatic rings. The minimum Gasteiger partial charge on any atom is -0.382 e. The number of hydrogen-bond donors (Lipinski definition) is 4. The number of benzene rings is 1. The van der Waals surface area contributed by atoms with Crippen LogP contribution in [0.2, 0.25) is 0 Å². The molecule has 0 aliphatic rings. The SMILES string of the molecule is C=C=C(NCCCC(C)C(=C)NC(C(=C)NNc1ccc(CCC(C)C)cc1)C(C)C)C(C)C. The van der Waals surface area contributed by atoms with E-state index in [0.717, 1.165) is 54.5 Å². The zero-order valence-corrected chi connectivity index (χ0v) is 22.9. The Morgan fingerprint density at radius 3 is 2.09 bits per heavy atom. The van der Waals surface area contributed by atoms with Crippen LogP contribution in [-0.4, -0.2) is 12.6 Å². The summed E-state index contributed by atoms with van der Waals surface area (Å²) in [7, 11) is 0. The van der Waals surface area contributed by atoms with Crippen molar-refractivity contribution in [2.75, 3.05) is 12.0 Å². The van der Waals surface area contributed by atoms with Gasteiger partial charge in [0.25, 0.3) is 0 Å². The van der Waals surface area contributed by atoms with Crippen LogP contribution < -0.4 is 21.5 Å². The number of hydrogen-bond acceptors (Lipinski definition) is 4. The van der Waals surface area contributed by atoms with Gasteiger partial charge in [-0.25, -0.2) is 0 Å². The molecule has 190 valence electrons. The van der Waals surface area contributed by atoms with E-state index < -0.39 is 0 Å². The third-order valence-corrected chi connectivity index (χ3v) is 6.21. The number of nitrogens with one attached hydrogen (secondary N) is 4. The smallest absolute Gasteiger partial charge is 0.0691 e. The van der Waals surface area contributed by atoms with Crippen LogP contribution in [0.15, 0.2) is 66.8 Å². The van der Waals surface area contributed by atoms with Gasteiger partial charge in [-0.15, -0.1) is 5.73 Å². The normalized spacial score (nSPS) is 12.8. The first-order chi connectivity index (χ1) is 16.0. The Kier molecular flexibility index (Phi) is 13.3. The van der Waals surface area contributed by atoms with Gasteiger partial charge in [0.1, 0.15) is 0 Å². The summed E-state index contributed by atoms with van der Waals surface area (Å²) in [6.45, 7) is 28.8. The number of rotatable bonds is 17. The highest BCUT2D eigenvalue weighted by molar-refractivity contribution is 5.44. The molecule has 0 bridgehead atoms. The summed E-state index contributed by atoms with van der Waals surface area (Å²) in [5.41, 5.74) is 15.1. The summed E-state index contributed by atoms with van der Waals surface area (Å²) in [6.07, 6.45) is 4.47. The van der Waals surface area contributed by atoms with Crippen molar-refractivity contribution in [2.24, 2.45) is 23.7 Å². The van der Waals surface area contributed by atoms with Gasteiger partial charge in [-0.2, -0.15) is 0 Å². The van der Waals surface area contributed by atoms with Gasteiger partial charge in [0, 0.05) is 23.9 Å². The van der Waals surface area contributed by atoms with Gasteiger partial charge in [0.15, 0.2) is 0 Å². The Bertz CT molecular complexity index is 798. The Hall–Kier alpha value is -2.58. The van der Waals surface area contributed by atoms with Gasteiger partial charge in [0.05, 0.1) is 17.4 Å². The summed E-state index contributed by atoms with van der Waals surface area (Å²) in [4.78, 5) is 0. The second kappa shape index (κ2) is 15.3. The molecule has 0 spiro atoms. The molecule has 1 aromatic carbocycles. The van der Waals surface area contributed by atoms with Crippen molar-refractivity contribution in [1.29, 1.82) is 0 Å². The fraction of sp³-hybridized carbons (Fsp3) is 0.567. The quantitative estimate of drug-likeness (QED) is 0.112. The summed E-state index contributed by atoms with van der Waals surface area (Å²) in [5, 5.41) is 7.07. The predicted octanol–water partition coefficient (Wildman–Crippen LogP) is 7.16. The Morgan fingerprint density at radius 1 is 0.912 bits per heavy atom. The minimum absolute atomic E-state index is 0.0853. The van der Waals surface area contributed by atoms with E-state index in [9.17, 15) is 0 Å². The molecular formula is C30H50N4. The van der Waals surface area contributed by atoms with Crippen molar-refractivity contribution in [1.82, 2.24) is 16.1 Å². The topological polar surface area (TPSA) is 48.1 Å². The van der Waals surface area contributed by atoms with Gasteiger partial charge >= 0.3 is 0 Å². The van der Waals surface area contributed by atoms with Crippen LogP contribution in [0.1, 0.15) is 73.3 Å². The van der Waals surface area contributed by atoms with Crippen molar-refractivity contribution >= 4 is 5.69 Å². The van der Waals surface area contributed by atoms with Crippen LogP contribution in [0.25, 0.3) is 0 Å². The van der Waals surface area contributed by atoms with E-state index in [1.165, 1.54) is 12.0 Å². The zero-order valence-electron chi connectivity index (χ0n) is 22.9. The zero-order chi connectivity index (χ0) is 25.7. The molecule has 4 nitrogen and oxygen atoms in total. The third kappa shape index (κ3) is 11.0. The molecule has 0 radical (unpaired) electrons. The summed E-state index contributed by atoms with van der Waals surface area (Å²) in [6, 6.07) is 8.72. The molecule has 0 heterocycles. The van der Waals surface area contributed by atoms with Gasteiger partial charge in [-0.3, -0.25) is 0 Å². The number of allylic oxidation sites excluding steroid dienone is 2. The molecule has 4 heteroatoms. The first-order valence-corrected chi connectivity index (χ1v) is 12.9. The maximum absolute atomic E-state index is 4.33. The van der Waals surface area contributed by atoms with Gasteiger partial charge in [-0.05, 0) is 61.1 Å². The molecule has 2 unspecified atom stereocenters. The molecule has 0 aromatic heterocycles. The van der Waals surface area contributed by atoms with E-state index >= 15 is 0 Å². The summed E-state index contributed by atoms with van der Waals surface area (Å²) < 4.78 is 0.